The first kappa shape index (κ1) is 27.6. The lowest BCUT2D eigenvalue weighted by atomic mass is 10.1. The van der Waals surface area contributed by atoms with Crippen LogP contribution in [-0.4, -0.2) is 56.3 Å². The summed E-state index contributed by atoms with van der Waals surface area (Å²) < 4.78 is 26.1. The molecule has 1 N–H and O–H groups in total. The van der Waals surface area contributed by atoms with Crippen LogP contribution in [0.4, 0.5) is 5.69 Å². The predicted molar refractivity (Wildman–Crippen MR) is 134 cm³/mol. The summed E-state index contributed by atoms with van der Waals surface area (Å²) >= 11 is 12.2. The standard InChI is InChI=1S/C23H27Cl2N3O5S/c1-5-26-23(31)15(2)27(13-18-9-10-19(24)12-21(18)25)22(30)14-28(34(4,32)33)20-8-6-7-17(11-20)16(3)29/h6-12,15H,5,13-14H2,1-4H3,(H,26,31)/t15-/m0/s1. The number of hydrogen-bond donors (Lipinski definition) is 1. The minimum atomic E-state index is -3.90. The molecule has 0 aliphatic carbocycles. The van der Waals surface area contributed by atoms with Crippen molar-refractivity contribution in [2.45, 2.75) is 33.4 Å². The summed E-state index contributed by atoms with van der Waals surface area (Å²) in [6, 6.07) is 9.85. The van der Waals surface area contributed by atoms with Crippen molar-refractivity contribution in [1.29, 1.82) is 0 Å². The van der Waals surface area contributed by atoms with E-state index in [-0.39, 0.29) is 18.0 Å². The lowest BCUT2D eigenvalue weighted by Crippen LogP contribution is -2.51. The highest BCUT2D eigenvalue weighted by Crippen LogP contribution is 2.24. The number of nitrogens with one attached hydrogen (secondary N) is 1. The number of hydrogen-bond acceptors (Lipinski definition) is 5. The lowest BCUT2D eigenvalue weighted by molar-refractivity contribution is -0.139. The summed E-state index contributed by atoms with van der Waals surface area (Å²) in [4.78, 5) is 39.0. The molecule has 0 heterocycles. The molecule has 2 rings (SSSR count). The molecule has 0 fully saturated rings. The first-order valence-electron chi connectivity index (χ1n) is 10.4. The molecule has 0 bridgehead atoms. The number of rotatable bonds is 10. The largest absolute Gasteiger partial charge is 0.355 e. The smallest absolute Gasteiger partial charge is 0.244 e. The Morgan fingerprint density at radius 3 is 2.32 bits per heavy atom. The van der Waals surface area contributed by atoms with E-state index in [4.69, 9.17) is 23.2 Å². The molecule has 0 saturated heterocycles. The molecule has 0 aliphatic rings. The summed E-state index contributed by atoms with van der Waals surface area (Å²) in [6.45, 7) is 4.41. The molecule has 11 heteroatoms. The van der Waals surface area contributed by atoms with Crippen molar-refractivity contribution in [2.75, 3.05) is 23.7 Å². The topological polar surface area (TPSA) is 104 Å². The summed E-state index contributed by atoms with van der Waals surface area (Å²) in [7, 11) is -3.90. The van der Waals surface area contributed by atoms with Gasteiger partial charge in [-0.25, -0.2) is 8.42 Å². The zero-order valence-electron chi connectivity index (χ0n) is 19.3. The average molecular weight is 528 g/mol. The van der Waals surface area contributed by atoms with Crippen molar-refractivity contribution in [2.24, 2.45) is 0 Å². The van der Waals surface area contributed by atoms with Gasteiger partial charge in [-0.15, -0.1) is 0 Å². The van der Waals surface area contributed by atoms with Crippen LogP contribution in [-0.2, 0) is 26.2 Å². The SMILES string of the molecule is CCNC(=O)[C@H](C)N(Cc1ccc(Cl)cc1Cl)C(=O)CN(c1cccc(C(C)=O)c1)S(C)(=O)=O. The minimum Gasteiger partial charge on any atom is -0.355 e. The van der Waals surface area contributed by atoms with Gasteiger partial charge in [-0.3, -0.25) is 18.7 Å². The third-order valence-corrected chi connectivity index (χ3v) is 6.82. The molecular formula is C23H27Cl2N3O5S. The molecule has 2 aromatic rings. The van der Waals surface area contributed by atoms with Gasteiger partial charge in [0.1, 0.15) is 12.6 Å². The Labute approximate surface area is 209 Å². The number of anilines is 1. The Hall–Kier alpha value is -2.62. The Morgan fingerprint density at radius 1 is 1.09 bits per heavy atom. The summed E-state index contributed by atoms with van der Waals surface area (Å²) in [5, 5.41) is 3.39. The van der Waals surface area contributed by atoms with Gasteiger partial charge in [-0.1, -0.05) is 41.4 Å². The molecule has 2 aromatic carbocycles. The molecular weight excluding hydrogens is 501 g/mol. The molecule has 0 spiro atoms. The van der Waals surface area contributed by atoms with Crippen molar-refractivity contribution in [3.05, 3.63) is 63.6 Å². The van der Waals surface area contributed by atoms with Crippen LogP contribution in [0.2, 0.25) is 10.0 Å². The minimum absolute atomic E-state index is 0.0434. The van der Waals surface area contributed by atoms with E-state index < -0.39 is 34.4 Å². The van der Waals surface area contributed by atoms with Gasteiger partial charge in [0, 0.05) is 28.7 Å². The maximum Gasteiger partial charge on any atom is 0.244 e. The number of ketones is 1. The molecule has 184 valence electrons. The number of nitrogens with zero attached hydrogens (tertiary/aromatic N) is 2. The lowest BCUT2D eigenvalue weighted by Gasteiger charge is -2.31. The third kappa shape index (κ3) is 7.19. The van der Waals surface area contributed by atoms with E-state index in [0.29, 0.717) is 27.7 Å². The molecule has 2 amide bonds. The van der Waals surface area contributed by atoms with E-state index in [1.807, 2.05) is 0 Å². The van der Waals surface area contributed by atoms with Gasteiger partial charge in [-0.05, 0) is 50.6 Å². The number of likely N-dealkylation sites (N-methyl/N-ethyl adjacent to an activating group) is 1. The van der Waals surface area contributed by atoms with Gasteiger partial charge in [0.15, 0.2) is 5.78 Å². The number of carbonyl (C=O) groups is 3. The Balaban J connectivity index is 2.45. The van der Waals surface area contributed by atoms with Crippen LogP contribution in [0.5, 0.6) is 0 Å². The number of benzene rings is 2. The van der Waals surface area contributed by atoms with E-state index in [1.165, 1.54) is 36.1 Å². The average Bonchev–Trinajstić information content (AvgIpc) is 2.75. The molecule has 0 aliphatic heterocycles. The van der Waals surface area contributed by atoms with Crippen LogP contribution in [0.15, 0.2) is 42.5 Å². The fraction of sp³-hybridized carbons (Fsp3) is 0.348. The maximum absolute atomic E-state index is 13.4. The Kier molecular flexibility index (Phi) is 9.49. The van der Waals surface area contributed by atoms with Gasteiger partial charge in [0.25, 0.3) is 0 Å². The third-order valence-electron chi connectivity index (χ3n) is 5.09. The van der Waals surface area contributed by atoms with Crippen LogP contribution < -0.4 is 9.62 Å². The van der Waals surface area contributed by atoms with E-state index in [2.05, 4.69) is 5.32 Å². The van der Waals surface area contributed by atoms with Gasteiger partial charge >= 0.3 is 0 Å². The van der Waals surface area contributed by atoms with Crippen LogP contribution in [0, 0.1) is 0 Å². The fourth-order valence-electron chi connectivity index (χ4n) is 3.23. The van der Waals surface area contributed by atoms with Crippen molar-refractivity contribution in [3.8, 4) is 0 Å². The summed E-state index contributed by atoms with van der Waals surface area (Å²) in [5.74, 6) is -1.26. The maximum atomic E-state index is 13.4. The molecule has 0 aromatic heterocycles. The molecule has 0 saturated carbocycles. The van der Waals surface area contributed by atoms with Crippen molar-refractivity contribution < 1.29 is 22.8 Å². The zero-order chi connectivity index (χ0) is 25.6. The molecule has 0 unspecified atom stereocenters. The van der Waals surface area contributed by atoms with Crippen molar-refractivity contribution in [3.63, 3.8) is 0 Å². The zero-order valence-corrected chi connectivity index (χ0v) is 21.7. The Bertz CT molecular complexity index is 1190. The van der Waals surface area contributed by atoms with Crippen LogP contribution in [0.25, 0.3) is 0 Å². The predicted octanol–water partition coefficient (Wildman–Crippen LogP) is 3.52. The second-order valence-corrected chi connectivity index (χ2v) is 10.5. The van der Waals surface area contributed by atoms with Gasteiger partial charge in [0.05, 0.1) is 11.9 Å². The van der Waals surface area contributed by atoms with E-state index in [1.54, 1.807) is 32.0 Å². The first-order valence-corrected chi connectivity index (χ1v) is 13.0. The molecule has 8 nitrogen and oxygen atoms in total. The van der Waals surface area contributed by atoms with Crippen LogP contribution in [0.1, 0.15) is 36.7 Å². The van der Waals surface area contributed by atoms with Crippen molar-refractivity contribution >= 4 is 56.5 Å². The van der Waals surface area contributed by atoms with Crippen LogP contribution in [0.3, 0.4) is 0 Å². The van der Waals surface area contributed by atoms with E-state index in [9.17, 15) is 22.8 Å². The molecule has 0 radical (unpaired) electrons. The van der Waals surface area contributed by atoms with Crippen molar-refractivity contribution in [1.82, 2.24) is 10.2 Å². The summed E-state index contributed by atoms with van der Waals surface area (Å²) in [6.07, 6.45) is 0.967. The van der Waals surface area contributed by atoms with E-state index >= 15 is 0 Å². The van der Waals surface area contributed by atoms with Crippen LogP contribution >= 0.6 is 23.2 Å². The number of halogens is 2. The quantitative estimate of drug-likeness (QED) is 0.476. The number of Topliss-reactive ketones (excluding diaryl/α,β-unsaturated/α-hetero) is 1. The molecule has 34 heavy (non-hydrogen) atoms. The number of carbonyl (C=O) groups excluding carboxylic acids is 3. The highest BCUT2D eigenvalue weighted by molar-refractivity contribution is 7.92. The van der Waals surface area contributed by atoms with Gasteiger partial charge < -0.3 is 10.2 Å². The molecule has 1 atom stereocenters. The monoisotopic (exact) mass is 527 g/mol. The fourth-order valence-corrected chi connectivity index (χ4v) is 4.54. The highest BCUT2D eigenvalue weighted by Gasteiger charge is 2.30. The first-order chi connectivity index (χ1) is 15.8. The normalized spacial score (nSPS) is 12.1. The Morgan fingerprint density at radius 2 is 1.76 bits per heavy atom. The summed E-state index contributed by atoms with van der Waals surface area (Å²) in [5.41, 5.74) is 1.01. The number of sulfonamides is 1. The number of amides is 2. The van der Waals surface area contributed by atoms with Gasteiger partial charge in [0.2, 0.25) is 21.8 Å². The highest BCUT2D eigenvalue weighted by atomic mass is 35.5. The second kappa shape index (κ2) is 11.7. The second-order valence-electron chi connectivity index (χ2n) is 7.70. The van der Waals surface area contributed by atoms with E-state index in [0.717, 1.165) is 10.6 Å². The van der Waals surface area contributed by atoms with Gasteiger partial charge in [-0.2, -0.15) is 0 Å².